The van der Waals surface area contributed by atoms with Gasteiger partial charge in [-0.3, -0.25) is 0 Å². The highest BCUT2D eigenvalue weighted by atomic mass is 15.2. The van der Waals surface area contributed by atoms with Crippen molar-refractivity contribution >= 4 is 16.5 Å². The van der Waals surface area contributed by atoms with Crippen molar-refractivity contribution in [1.29, 1.82) is 0 Å². The molecular weight excluding hydrogens is 244 g/mol. The van der Waals surface area contributed by atoms with Gasteiger partial charge >= 0.3 is 0 Å². The molecule has 3 rings (SSSR count). The van der Waals surface area contributed by atoms with Crippen molar-refractivity contribution in [2.75, 3.05) is 18.0 Å². The molecule has 0 saturated heterocycles. The van der Waals surface area contributed by atoms with Gasteiger partial charge in [-0.25, -0.2) is 0 Å². The lowest BCUT2D eigenvalue weighted by Crippen LogP contribution is -2.61. The van der Waals surface area contributed by atoms with Gasteiger partial charge in [-0.1, -0.05) is 43.3 Å². The second kappa shape index (κ2) is 5.10. The molecule has 2 heteroatoms. The summed E-state index contributed by atoms with van der Waals surface area (Å²) in [7, 11) is 0. The van der Waals surface area contributed by atoms with Crippen molar-refractivity contribution in [3.8, 4) is 0 Å². The van der Waals surface area contributed by atoms with E-state index in [1.165, 1.54) is 29.3 Å². The van der Waals surface area contributed by atoms with Crippen molar-refractivity contribution in [2.24, 2.45) is 11.7 Å². The zero-order valence-electron chi connectivity index (χ0n) is 12.5. The van der Waals surface area contributed by atoms with Crippen LogP contribution in [0, 0.1) is 5.92 Å². The van der Waals surface area contributed by atoms with Crippen LogP contribution < -0.4 is 10.6 Å². The fourth-order valence-corrected chi connectivity index (χ4v) is 3.94. The average molecular weight is 268 g/mol. The Hall–Kier alpha value is -1.54. The molecule has 0 radical (unpaired) electrons. The number of fused-ring (bicyclic) bond motifs is 1. The Morgan fingerprint density at radius 1 is 1.15 bits per heavy atom. The Morgan fingerprint density at radius 3 is 2.50 bits per heavy atom. The maximum Gasteiger partial charge on any atom is 0.0529 e. The number of nitrogens with two attached hydrogens (primary N) is 1. The molecule has 2 aromatic rings. The molecule has 1 aliphatic carbocycles. The van der Waals surface area contributed by atoms with E-state index in [9.17, 15) is 0 Å². The minimum Gasteiger partial charge on any atom is -0.364 e. The van der Waals surface area contributed by atoms with E-state index in [1.807, 2.05) is 0 Å². The molecule has 1 saturated carbocycles. The lowest BCUT2D eigenvalue weighted by Gasteiger charge is -2.54. The summed E-state index contributed by atoms with van der Waals surface area (Å²) in [6, 6.07) is 15.2. The van der Waals surface area contributed by atoms with Gasteiger partial charge in [0.1, 0.15) is 0 Å². The number of benzene rings is 2. The zero-order chi connectivity index (χ0) is 14.2. The monoisotopic (exact) mass is 268 g/mol. The number of nitrogens with zero attached hydrogens (tertiary/aromatic N) is 1. The number of hydrogen-bond donors (Lipinski definition) is 1. The van der Waals surface area contributed by atoms with Crippen LogP contribution in [0.25, 0.3) is 10.8 Å². The van der Waals surface area contributed by atoms with E-state index in [0.29, 0.717) is 0 Å². The number of hydrogen-bond acceptors (Lipinski definition) is 2. The molecule has 0 spiro atoms. The van der Waals surface area contributed by atoms with Crippen LogP contribution in [0.3, 0.4) is 0 Å². The van der Waals surface area contributed by atoms with Gasteiger partial charge in [0.05, 0.1) is 5.54 Å². The fourth-order valence-electron chi connectivity index (χ4n) is 3.94. The second-order valence-electron chi connectivity index (χ2n) is 6.18. The third-order valence-corrected chi connectivity index (χ3v) is 4.78. The summed E-state index contributed by atoms with van der Waals surface area (Å²) >= 11 is 0. The maximum absolute atomic E-state index is 6.15. The fraction of sp³-hybridized carbons (Fsp3) is 0.444. The Bertz CT molecular complexity index is 594. The molecule has 0 heterocycles. The number of likely N-dealkylation sites (N-methyl/N-ethyl adjacent to an activating group) is 1. The van der Waals surface area contributed by atoms with Gasteiger partial charge in [-0.2, -0.15) is 0 Å². The van der Waals surface area contributed by atoms with E-state index in [4.69, 9.17) is 5.73 Å². The van der Waals surface area contributed by atoms with Crippen molar-refractivity contribution < 1.29 is 0 Å². The number of rotatable bonds is 4. The molecule has 0 aliphatic heterocycles. The average Bonchev–Trinajstić information content (AvgIpc) is 2.46. The van der Waals surface area contributed by atoms with E-state index in [0.717, 1.165) is 19.0 Å². The van der Waals surface area contributed by atoms with Gasteiger partial charge < -0.3 is 10.6 Å². The summed E-state index contributed by atoms with van der Waals surface area (Å²) in [5, 5.41) is 2.65. The second-order valence-corrected chi connectivity index (χ2v) is 6.18. The Balaban J connectivity index is 2.08. The van der Waals surface area contributed by atoms with Gasteiger partial charge in [0.15, 0.2) is 0 Å². The highest BCUT2D eigenvalue weighted by Crippen LogP contribution is 2.44. The predicted molar refractivity (Wildman–Crippen MR) is 87.2 cm³/mol. The van der Waals surface area contributed by atoms with Crippen molar-refractivity contribution in [3.05, 3.63) is 42.5 Å². The molecule has 1 aliphatic rings. The largest absolute Gasteiger partial charge is 0.364 e. The summed E-state index contributed by atoms with van der Waals surface area (Å²) < 4.78 is 0. The summed E-state index contributed by atoms with van der Waals surface area (Å²) in [6.07, 6.45) is 2.42. The minimum absolute atomic E-state index is 0.165. The highest BCUT2D eigenvalue weighted by Gasteiger charge is 2.45. The SMILES string of the molecule is CCN(c1cccc2ccccc12)C1(CN)CC(C)C1. The van der Waals surface area contributed by atoms with Gasteiger partial charge in [-0.05, 0) is 37.1 Å². The smallest absolute Gasteiger partial charge is 0.0529 e. The summed E-state index contributed by atoms with van der Waals surface area (Å²) in [5.41, 5.74) is 7.65. The first-order chi connectivity index (χ1) is 9.70. The summed E-state index contributed by atoms with van der Waals surface area (Å²) in [4.78, 5) is 2.54. The first-order valence-corrected chi connectivity index (χ1v) is 7.65. The maximum atomic E-state index is 6.15. The van der Waals surface area contributed by atoms with Crippen LogP contribution in [0.15, 0.2) is 42.5 Å². The lowest BCUT2D eigenvalue weighted by molar-refractivity contribution is 0.158. The third kappa shape index (κ3) is 1.99. The molecule has 106 valence electrons. The van der Waals surface area contributed by atoms with Gasteiger partial charge in [0, 0.05) is 24.2 Å². The molecule has 0 aromatic heterocycles. The van der Waals surface area contributed by atoms with Crippen molar-refractivity contribution in [3.63, 3.8) is 0 Å². The molecule has 0 bridgehead atoms. The van der Waals surface area contributed by atoms with Crippen LogP contribution in [0.4, 0.5) is 5.69 Å². The van der Waals surface area contributed by atoms with E-state index >= 15 is 0 Å². The number of anilines is 1. The molecule has 2 aromatic carbocycles. The van der Waals surface area contributed by atoms with Crippen LogP contribution >= 0.6 is 0 Å². The Kier molecular flexibility index (Phi) is 3.43. The zero-order valence-corrected chi connectivity index (χ0v) is 12.5. The quantitative estimate of drug-likeness (QED) is 0.914. The summed E-state index contributed by atoms with van der Waals surface area (Å²) in [6.45, 7) is 6.32. The molecule has 0 unspecified atom stereocenters. The first kappa shape index (κ1) is 13.4. The molecule has 2 N–H and O–H groups in total. The van der Waals surface area contributed by atoms with E-state index < -0.39 is 0 Å². The Morgan fingerprint density at radius 2 is 1.85 bits per heavy atom. The topological polar surface area (TPSA) is 29.3 Å². The van der Waals surface area contributed by atoms with E-state index in [-0.39, 0.29) is 5.54 Å². The van der Waals surface area contributed by atoms with Crippen LogP contribution in [-0.4, -0.2) is 18.6 Å². The molecule has 20 heavy (non-hydrogen) atoms. The highest BCUT2D eigenvalue weighted by molar-refractivity contribution is 5.94. The van der Waals surface area contributed by atoms with Crippen LogP contribution in [-0.2, 0) is 0 Å². The van der Waals surface area contributed by atoms with Crippen LogP contribution in [0.2, 0.25) is 0 Å². The molecule has 2 nitrogen and oxygen atoms in total. The summed E-state index contributed by atoms with van der Waals surface area (Å²) in [5.74, 6) is 0.794. The first-order valence-electron chi connectivity index (χ1n) is 7.65. The molecule has 1 fully saturated rings. The molecule has 0 amide bonds. The van der Waals surface area contributed by atoms with Crippen LogP contribution in [0.5, 0.6) is 0 Å². The van der Waals surface area contributed by atoms with Crippen LogP contribution in [0.1, 0.15) is 26.7 Å². The van der Waals surface area contributed by atoms with Gasteiger partial charge in [0.2, 0.25) is 0 Å². The predicted octanol–water partition coefficient (Wildman–Crippen LogP) is 3.79. The molecular formula is C18H24N2. The minimum atomic E-state index is 0.165. The third-order valence-electron chi connectivity index (χ3n) is 4.78. The molecule has 0 atom stereocenters. The van der Waals surface area contributed by atoms with Gasteiger partial charge in [-0.15, -0.1) is 0 Å². The standard InChI is InChI=1S/C18H24N2/c1-3-20(18(13-19)11-14(2)12-18)17-10-6-8-15-7-4-5-9-16(15)17/h4-10,14H,3,11-13,19H2,1-2H3. The van der Waals surface area contributed by atoms with E-state index in [1.54, 1.807) is 0 Å². The lowest BCUT2D eigenvalue weighted by atomic mass is 9.67. The van der Waals surface area contributed by atoms with Gasteiger partial charge in [0.25, 0.3) is 0 Å². The Labute approximate surface area is 121 Å². The van der Waals surface area contributed by atoms with Crippen molar-refractivity contribution in [2.45, 2.75) is 32.2 Å². The van der Waals surface area contributed by atoms with E-state index in [2.05, 4.69) is 61.2 Å². The normalized spacial score (nSPS) is 25.4. The van der Waals surface area contributed by atoms with Crippen molar-refractivity contribution in [1.82, 2.24) is 0 Å².